The van der Waals surface area contributed by atoms with Crippen LogP contribution in [0.5, 0.6) is 0 Å². The largest absolute Gasteiger partial charge is 0.477 e. The van der Waals surface area contributed by atoms with E-state index < -0.39 is 38.1 Å². The summed E-state index contributed by atoms with van der Waals surface area (Å²) in [5.41, 5.74) is 5.15. The zero-order valence-electron chi connectivity index (χ0n) is 17.4. The van der Waals surface area contributed by atoms with E-state index in [0.29, 0.717) is 28.0 Å². The highest BCUT2D eigenvalue weighted by Gasteiger charge is 2.56. The average molecular weight is 497 g/mol. The third kappa shape index (κ3) is 4.05. The third-order valence-electron chi connectivity index (χ3n) is 5.75. The molecule has 0 radical (unpaired) electrons. The molecule has 0 aliphatic carbocycles. The molecule has 4 N–H and O–H groups in total. The number of nitrogens with zero attached hydrogens (tertiary/aromatic N) is 3. The fourth-order valence-corrected chi connectivity index (χ4v) is 5.66. The number of aliphatic hydroxyl groups is 2. The van der Waals surface area contributed by atoms with Gasteiger partial charge in [-0.2, -0.15) is 0 Å². The van der Waals surface area contributed by atoms with Crippen LogP contribution < -0.4 is 5.73 Å². The van der Waals surface area contributed by atoms with Crippen LogP contribution in [0.4, 0.5) is 5.82 Å². The number of aromatic nitrogens is 3. The molecule has 3 aromatic rings. The van der Waals surface area contributed by atoms with Crippen LogP contribution in [0.25, 0.3) is 11.0 Å². The van der Waals surface area contributed by atoms with E-state index in [1.807, 2.05) is 0 Å². The van der Waals surface area contributed by atoms with Crippen molar-refractivity contribution in [1.82, 2.24) is 14.5 Å². The van der Waals surface area contributed by atoms with Crippen molar-refractivity contribution in [3.8, 4) is 0 Å². The first-order valence-corrected chi connectivity index (χ1v) is 12.0. The Kier molecular flexibility index (Phi) is 5.71. The van der Waals surface area contributed by atoms with E-state index in [0.717, 1.165) is 0 Å². The molecule has 1 aromatic carbocycles. The van der Waals surface area contributed by atoms with Crippen molar-refractivity contribution in [2.75, 3.05) is 12.3 Å². The Morgan fingerprint density at radius 3 is 2.97 bits per heavy atom. The highest BCUT2D eigenvalue weighted by Crippen LogP contribution is 2.59. The van der Waals surface area contributed by atoms with Gasteiger partial charge in [0.2, 0.25) is 6.29 Å². The molecule has 0 spiro atoms. The van der Waals surface area contributed by atoms with Crippen LogP contribution in [0.2, 0.25) is 5.02 Å². The molecule has 5 rings (SSSR count). The van der Waals surface area contributed by atoms with Gasteiger partial charge >= 0.3 is 7.82 Å². The second-order valence-electron chi connectivity index (χ2n) is 8.07. The number of fused-ring (bicyclic) bond motifs is 1. The number of phosphoric ester groups is 1. The molecule has 2 aliphatic rings. The van der Waals surface area contributed by atoms with Crippen molar-refractivity contribution in [3.05, 3.63) is 53.4 Å². The first-order valence-electron chi connectivity index (χ1n) is 10.2. The minimum atomic E-state index is -4.15. The van der Waals surface area contributed by atoms with Gasteiger partial charge in [0, 0.05) is 17.6 Å². The maximum Gasteiger partial charge on any atom is 0.477 e. The molecule has 0 amide bonds. The maximum atomic E-state index is 13.2. The molecule has 176 valence electrons. The van der Waals surface area contributed by atoms with Gasteiger partial charge in [-0.25, -0.2) is 14.5 Å². The summed E-state index contributed by atoms with van der Waals surface area (Å²) in [4.78, 5) is 8.12. The number of phosphoric acid groups is 1. The highest BCUT2D eigenvalue weighted by molar-refractivity contribution is 7.48. The molecule has 13 heteroatoms. The van der Waals surface area contributed by atoms with Crippen molar-refractivity contribution < 1.29 is 33.1 Å². The topological polar surface area (TPSA) is 151 Å². The Morgan fingerprint density at radius 1 is 1.36 bits per heavy atom. The van der Waals surface area contributed by atoms with Crippen molar-refractivity contribution in [1.29, 1.82) is 0 Å². The van der Waals surface area contributed by atoms with Gasteiger partial charge in [-0.05, 0) is 30.7 Å². The highest BCUT2D eigenvalue weighted by atomic mass is 35.5. The van der Waals surface area contributed by atoms with Crippen molar-refractivity contribution in [3.63, 3.8) is 0 Å². The average Bonchev–Trinajstić information content (AvgIpc) is 3.29. The summed E-state index contributed by atoms with van der Waals surface area (Å²) in [6.45, 7) is 1.46. The van der Waals surface area contributed by atoms with Crippen LogP contribution in [0.3, 0.4) is 0 Å². The first-order chi connectivity index (χ1) is 15.7. The van der Waals surface area contributed by atoms with Crippen LogP contribution in [0, 0.1) is 0 Å². The summed E-state index contributed by atoms with van der Waals surface area (Å²) < 4.78 is 37.0. The summed E-state index contributed by atoms with van der Waals surface area (Å²) >= 11 is 6.05. The van der Waals surface area contributed by atoms with Gasteiger partial charge in [0.25, 0.3) is 0 Å². The molecular weight excluding hydrogens is 475 g/mol. The fraction of sp³-hybridized carbons (Fsp3) is 0.400. The first kappa shape index (κ1) is 22.7. The number of hydrogen-bond acceptors (Lipinski definition) is 10. The Balaban J connectivity index is 1.38. The van der Waals surface area contributed by atoms with E-state index in [-0.39, 0.29) is 12.4 Å². The number of anilines is 1. The molecule has 6 atom stereocenters. The monoisotopic (exact) mass is 496 g/mol. The predicted octanol–water partition coefficient (Wildman–Crippen LogP) is 2.94. The molecule has 2 unspecified atom stereocenters. The number of hydrogen-bond donors (Lipinski definition) is 3. The van der Waals surface area contributed by atoms with E-state index in [1.54, 1.807) is 36.5 Å². The molecule has 0 saturated carbocycles. The second-order valence-corrected chi connectivity index (χ2v) is 10.1. The van der Waals surface area contributed by atoms with Gasteiger partial charge in [-0.15, -0.1) is 0 Å². The lowest BCUT2D eigenvalue weighted by Gasteiger charge is -2.31. The molecule has 11 nitrogen and oxygen atoms in total. The Bertz CT molecular complexity index is 1240. The van der Waals surface area contributed by atoms with Gasteiger partial charge in [0.15, 0.2) is 6.23 Å². The fourth-order valence-electron chi connectivity index (χ4n) is 4.00. The molecule has 0 bridgehead atoms. The minimum absolute atomic E-state index is 0.0928. The third-order valence-corrected chi connectivity index (χ3v) is 7.46. The Labute approximate surface area is 193 Å². The zero-order chi connectivity index (χ0) is 23.4. The summed E-state index contributed by atoms with van der Waals surface area (Å²) in [6, 6.07) is 8.63. The number of aliphatic hydroxyl groups excluding tert-OH is 1. The number of halogens is 1. The molecular formula is C20H22ClN4O7P. The molecule has 2 aromatic heterocycles. The number of benzene rings is 1. The smallest absolute Gasteiger partial charge is 0.385 e. The van der Waals surface area contributed by atoms with Crippen LogP contribution in [0.15, 0.2) is 42.9 Å². The standard InChI is InChI=1S/C20H22ClN4O7P/c1-20(27)15(26)18(30-19(20)25-7-5-13-16(22)23-10-24-17(13)25)32-33(28)29-8-6-14(31-33)11-3-2-4-12(21)9-11/h2-5,7,9-10,14-15,18-19,26-27H,6,8H2,1H3,(H2,22,23,24)/t14-,15-,18?,19-,20-,33?/m1/s1. The Morgan fingerprint density at radius 2 is 2.18 bits per heavy atom. The number of nitrogens with two attached hydrogens (primary N) is 1. The van der Waals surface area contributed by atoms with E-state index in [2.05, 4.69) is 9.97 Å². The van der Waals surface area contributed by atoms with Crippen LogP contribution in [-0.4, -0.2) is 49.4 Å². The van der Waals surface area contributed by atoms with Crippen LogP contribution in [-0.2, 0) is 22.9 Å². The van der Waals surface area contributed by atoms with Crippen molar-refractivity contribution >= 4 is 36.3 Å². The molecule has 4 heterocycles. The van der Waals surface area contributed by atoms with Crippen LogP contribution in [0.1, 0.15) is 31.2 Å². The summed E-state index contributed by atoms with van der Waals surface area (Å²) in [6.07, 6.45) is -1.52. The summed E-state index contributed by atoms with van der Waals surface area (Å²) in [7, 11) is -4.15. The van der Waals surface area contributed by atoms with E-state index in [1.165, 1.54) is 17.8 Å². The van der Waals surface area contributed by atoms with E-state index in [9.17, 15) is 14.8 Å². The van der Waals surface area contributed by atoms with Gasteiger partial charge in [-0.1, -0.05) is 23.7 Å². The lowest BCUT2D eigenvalue weighted by Crippen LogP contribution is -2.44. The zero-order valence-corrected chi connectivity index (χ0v) is 19.1. The number of nitrogen functional groups attached to an aromatic ring is 1. The molecule has 33 heavy (non-hydrogen) atoms. The lowest BCUT2D eigenvalue weighted by atomic mass is 9.99. The quantitative estimate of drug-likeness (QED) is 0.460. The van der Waals surface area contributed by atoms with Gasteiger partial charge in [-0.3, -0.25) is 13.6 Å². The normalized spacial score (nSPS) is 34.7. The van der Waals surface area contributed by atoms with Crippen molar-refractivity contribution in [2.24, 2.45) is 0 Å². The summed E-state index contributed by atoms with van der Waals surface area (Å²) in [5, 5.41) is 22.8. The van der Waals surface area contributed by atoms with E-state index >= 15 is 0 Å². The van der Waals surface area contributed by atoms with Gasteiger partial charge in [0.05, 0.1) is 18.1 Å². The SMILES string of the molecule is C[C@@]1(O)[C@H](O)C(OP2(=O)OCC[C@H](c3cccc(Cl)c3)O2)O[C@H]1n1ccc2c(N)ncnc21. The minimum Gasteiger partial charge on any atom is -0.385 e. The Hall–Kier alpha value is -2.08. The maximum absolute atomic E-state index is 13.2. The van der Waals surface area contributed by atoms with Gasteiger partial charge in [0.1, 0.15) is 29.5 Å². The number of rotatable bonds is 4. The lowest BCUT2D eigenvalue weighted by molar-refractivity contribution is -0.145. The molecule has 2 saturated heterocycles. The summed E-state index contributed by atoms with van der Waals surface area (Å²) in [5.74, 6) is 0.255. The molecule has 2 aliphatic heterocycles. The second kappa shape index (κ2) is 8.30. The predicted molar refractivity (Wildman–Crippen MR) is 117 cm³/mol. The van der Waals surface area contributed by atoms with Gasteiger partial charge < -0.3 is 25.3 Å². The van der Waals surface area contributed by atoms with E-state index in [4.69, 9.17) is 35.6 Å². The van der Waals surface area contributed by atoms with Crippen LogP contribution >= 0.6 is 19.4 Å². The molecule has 2 fully saturated rings. The van der Waals surface area contributed by atoms with Crippen molar-refractivity contribution in [2.45, 2.75) is 43.7 Å². The number of ether oxygens (including phenoxy) is 1.